The summed E-state index contributed by atoms with van der Waals surface area (Å²) >= 11 is 0. The Hall–Kier alpha value is -0.610. The Labute approximate surface area is 104 Å². The minimum absolute atomic E-state index is 0.0921. The van der Waals surface area contributed by atoms with Crippen molar-refractivity contribution >= 4 is 5.97 Å². The van der Waals surface area contributed by atoms with Gasteiger partial charge in [0.2, 0.25) is 0 Å². The molecule has 0 aromatic rings. The molecule has 0 spiro atoms. The molecule has 4 heteroatoms. The van der Waals surface area contributed by atoms with Gasteiger partial charge in [0, 0.05) is 12.6 Å². The topological polar surface area (TPSA) is 58.6 Å². The average Bonchev–Trinajstić information content (AvgIpc) is 2.28. The lowest BCUT2D eigenvalue weighted by atomic mass is 9.89. The van der Waals surface area contributed by atoms with Crippen LogP contribution < -0.4 is 5.32 Å². The van der Waals surface area contributed by atoms with Crippen LogP contribution in [0.3, 0.4) is 0 Å². The largest absolute Gasteiger partial charge is 0.480 e. The predicted octanol–water partition coefficient (Wildman–Crippen LogP) is 2.18. The number of ether oxygens (including phenoxy) is 1. The van der Waals surface area contributed by atoms with Gasteiger partial charge in [-0.2, -0.15) is 0 Å². The van der Waals surface area contributed by atoms with Crippen molar-refractivity contribution in [1.82, 2.24) is 5.32 Å². The van der Waals surface area contributed by atoms with Crippen LogP contribution in [-0.4, -0.2) is 35.4 Å². The molecule has 100 valence electrons. The highest BCUT2D eigenvalue weighted by molar-refractivity contribution is 5.73. The van der Waals surface area contributed by atoms with Crippen molar-refractivity contribution in [2.75, 3.05) is 6.61 Å². The van der Waals surface area contributed by atoms with Crippen LogP contribution in [-0.2, 0) is 9.53 Å². The second-order valence-electron chi connectivity index (χ2n) is 5.19. The number of carboxylic acid groups (broad SMARTS) is 1. The molecular formula is C13H25NO3. The molecule has 1 fully saturated rings. The first-order valence-electron chi connectivity index (χ1n) is 6.63. The molecule has 4 nitrogen and oxygen atoms in total. The number of carbonyl (C=O) groups is 1. The van der Waals surface area contributed by atoms with Crippen LogP contribution in [0.15, 0.2) is 0 Å². The van der Waals surface area contributed by atoms with Crippen molar-refractivity contribution in [1.29, 1.82) is 0 Å². The zero-order chi connectivity index (χ0) is 12.9. The molecule has 0 radical (unpaired) electrons. The molecule has 0 bridgehead atoms. The summed E-state index contributed by atoms with van der Waals surface area (Å²) in [5, 5.41) is 12.4. The summed E-state index contributed by atoms with van der Waals surface area (Å²) in [6.07, 6.45) is 4.35. The summed E-state index contributed by atoms with van der Waals surface area (Å²) in [6.45, 7) is 6.96. The van der Waals surface area contributed by atoms with Crippen LogP contribution in [0.25, 0.3) is 0 Å². The summed E-state index contributed by atoms with van der Waals surface area (Å²) in [7, 11) is 0. The van der Waals surface area contributed by atoms with Crippen LogP contribution in [0.4, 0.5) is 0 Å². The van der Waals surface area contributed by atoms with Gasteiger partial charge in [0.1, 0.15) is 6.04 Å². The van der Waals surface area contributed by atoms with Gasteiger partial charge in [0.15, 0.2) is 0 Å². The molecular weight excluding hydrogens is 218 g/mol. The van der Waals surface area contributed by atoms with Crippen LogP contribution in [0.1, 0.15) is 52.9 Å². The van der Waals surface area contributed by atoms with Crippen molar-refractivity contribution in [2.45, 2.75) is 70.6 Å². The minimum atomic E-state index is -0.739. The molecule has 1 aliphatic rings. The Balaban J connectivity index is 2.52. The van der Waals surface area contributed by atoms with E-state index >= 15 is 0 Å². The van der Waals surface area contributed by atoms with Crippen molar-refractivity contribution in [2.24, 2.45) is 0 Å². The fourth-order valence-corrected chi connectivity index (χ4v) is 2.37. The van der Waals surface area contributed by atoms with Crippen LogP contribution in [0.2, 0.25) is 0 Å². The van der Waals surface area contributed by atoms with Crippen LogP contribution in [0, 0.1) is 0 Å². The molecule has 0 aliphatic carbocycles. The van der Waals surface area contributed by atoms with E-state index in [4.69, 9.17) is 9.84 Å². The number of carboxylic acids is 1. The molecule has 0 aromatic carbocycles. The number of nitrogens with one attached hydrogen (secondary N) is 1. The molecule has 17 heavy (non-hydrogen) atoms. The molecule has 0 saturated carbocycles. The van der Waals surface area contributed by atoms with E-state index in [1.165, 1.54) is 0 Å². The molecule has 2 N–H and O–H groups in total. The van der Waals surface area contributed by atoms with Crippen LogP contribution in [0.5, 0.6) is 0 Å². The second kappa shape index (κ2) is 6.36. The van der Waals surface area contributed by atoms with Crippen molar-refractivity contribution in [3.8, 4) is 0 Å². The van der Waals surface area contributed by atoms with E-state index in [2.05, 4.69) is 19.2 Å². The summed E-state index contributed by atoms with van der Waals surface area (Å²) in [5.41, 5.74) is -0.0921. The number of rotatable bonds is 6. The van der Waals surface area contributed by atoms with E-state index in [0.29, 0.717) is 6.42 Å². The Bertz CT molecular complexity index is 257. The third-order valence-corrected chi connectivity index (χ3v) is 3.66. The summed E-state index contributed by atoms with van der Waals surface area (Å²) in [6, 6.07) is -0.148. The van der Waals surface area contributed by atoms with Crippen molar-refractivity contribution in [3.05, 3.63) is 0 Å². The Morgan fingerprint density at radius 1 is 1.59 bits per heavy atom. The molecule has 1 rings (SSSR count). The zero-order valence-electron chi connectivity index (χ0n) is 11.2. The van der Waals surface area contributed by atoms with Gasteiger partial charge in [-0.25, -0.2) is 0 Å². The van der Waals surface area contributed by atoms with E-state index in [0.717, 1.165) is 32.3 Å². The first-order chi connectivity index (χ1) is 8.00. The molecule has 3 unspecified atom stereocenters. The molecule has 1 aliphatic heterocycles. The summed E-state index contributed by atoms with van der Waals surface area (Å²) < 4.78 is 5.76. The first-order valence-corrected chi connectivity index (χ1v) is 6.63. The zero-order valence-corrected chi connectivity index (χ0v) is 11.2. The molecule has 1 heterocycles. The van der Waals surface area contributed by atoms with Crippen molar-refractivity contribution < 1.29 is 14.6 Å². The number of hydrogen-bond acceptors (Lipinski definition) is 3. The van der Waals surface area contributed by atoms with Gasteiger partial charge in [-0.3, -0.25) is 4.79 Å². The smallest absolute Gasteiger partial charge is 0.320 e. The predicted molar refractivity (Wildman–Crippen MR) is 67.1 cm³/mol. The van der Waals surface area contributed by atoms with E-state index in [-0.39, 0.29) is 11.6 Å². The van der Waals surface area contributed by atoms with Gasteiger partial charge in [0.25, 0.3) is 0 Å². The highest BCUT2D eigenvalue weighted by Gasteiger charge is 2.33. The lowest BCUT2D eigenvalue weighted by molar-refractivity contribution is -0.140. The lowest BCUT2D eigenvalue weighted by Gasteiger charge is -2.39. The Kier molecular flexibility index (Phi) is 5.40. The van der Waals surface area contributed by atoms with Crippen molar-refractivity contribution in [3.63, 3.8) is 0 Å². The second-order valence-corrected chi connectivity index (χ2v) is 5.19. The third kappa shape index (κ3) is 4.28. The standard InChI is InChI=1S/C13H25NO3/c1-4-6-11(12(15)16)14-10-7-8-17-13(3,5-2)9-10/h10-11,14H,4-9H2,1-3H3,(H,15,16). The maximum absolute atomic E-state index is 11.1. The lowest BCUT2D eigenvalue weighted by Crippen LogP contribution is -2.50. The van der Waals surface area contributed by atoms with E-state index in [1.54, 1.807) is 0 Å². The summed E-state index contributed by atoms with van der Waals surface area (Å²) in [4.78, 5) is 11.1. The number of hydrogen-bond donors (Lipinski definition) is 2. The Morgan fingerprint density at radius 2 is 2.29 bits per heavy atom. The van der Waals surface area contributed by atoms with E-state index in [1.807, 2.05) is 6.92 Å². The average molecular weight is 243 g/mol. The molecule has 0 amide bonds. The van der Waals surface area contributed by atoms with Gasteiger partial charge in [-0.15, -0.1) is 0 Å². The SMILES string of the molecule is CCCC(NC1CCOC(C)(CC)C1)C(=O)O. The highest BCUT2D eigenvalue weighted by atomic mass is 16.5. The van der Waals surface area contributed by atoms with Gasteiger partial charge in [0.05, 0.1) is 5.60 Å². The molecule has 3 atom stereocenters. The van der Waals surface area contributed by atoms with Gasteiger partial charge in [-0.05, 0) is 32.6 Å². The monoisotopic (exact) mass is 243 g/mol. The molecule has 1 saturated heterocycles. The fourth-order valence-electron chi connectivity index (χ4n) is 2.37. The normalized spacial score (nSPS) is 31.1. The maximum Gasteiger partial charge on any atom is 0.320 e. The highest BCUT2D eigenvalue weighted by Crippen LogP contribution is 2.28. The van der Waals surface area contributed by atoms with E-state index in [9.17, 15) is 4.79 Å². The van der Waals surface area contributed by atoms with Gasteiger partial charge < -0.3 is 15.2 Å². The third-order valence-electron chi connectivity index (χ3n) is 3.66. The van der Waals surface area contributed by atoms with E-state index < -0.39 is 12.0 Å². The van der Waals surface area contributed by atoms with Gasteiger partial charge >= 0.3 is 5.97 Å². The maximum atomic E-state index is 11.1. The van der Waals surface area contributed by atoms with Crippen LogP contribution >= 0.6 is 0 Å². The van der Waals surface area contributed by atoms with Gasteiger partial charge in [-0.1, -0.05) is 20.3 Å². The quantitative estimate of drug-likeness (QED) is 0.750. The summed E-state index contributed by atoms with van der Waals surface area (Å²) in [5.74, 6) is -0.739. The Morgan fingerprint density at radius 3 is 2.82 bits per heavy atom. The fraction of sp³-hybridized carbons (Fsp3) is 0.923. The first kappa shape index (κ1) is 14.5. The number of aliphatic carboxylic acids is 1. The molecule has 0 aromatic heterocycles. The minimum Gasteiger partial charge on any atom is -0.480 e.